The minimum Gasteiger partial charge on any atom is -0.477 e. The number of rotatable bonds is 5. The Morgan fingerprint density at radius 1 is 1.30 bits per heavy atom. The summed E-state index contributed by atoms with van der Waals surface area (Å²) in [5.41, 5.74) is 2.59. The van der Waals surface area contributed by atoms with Gasteiger partial charge in [0.2, 0.25) is 0 Å². The van der Waals surface area contributed by atoms with Crippen molar-refractivity contribution in [3.05, 3.63) is 39.7 Å². The van der Waals surface area contributed by atoms with E-state index in [1.807, 2.05) is 45.3 Å². The van der Waals surface area contributed by atoms with Crippen LogP contribution in [0.1, 0.15) is 20.2 Å². The normalized spacial score (nSPS) is 11.0. The monoisotopic (exact) mass is 290 g/mol. The minimum absolute atomic E-state index is 0.322. The van der Waals surface area contributed by atoms with Crippen LogP contribution in [0.3, 0.4) is 0 Å². The molecule has 0 atom stereocenters. The quantitative estimate of drug-likeness (QED) is 0.920. The van der Waals surface area contributed by atoms with E-state index in [0.717, 1.165) is 29.1 Å². The highest BCUT2D eigenvalue weighted by Gasteiger charge is 2.18. The first-order chi connectivity index (χ1) is 9.47. The Morgan fingerprint density at radius 2 is 1.95 bits per heavy atom. The first-order valence-electron chi connectivity index (χ1n) is 6.42. The average Bonchev–Trinajstić information content (AvgIpc) is 2.81. The molecule has 0 radical (unpaired) electrons. The molecule has 4 nitrogen and oxygen atoms in total. The Bertz CT molecular complexity index is 603. The van der Waals surface area contributed by atoms with Crippen LogP contribution in [0.15, 0.2) is 24.3 Å². The van der Waals surface area contributed by atoms with E-state index in [9.17, 15) is 9.90 Å². The lowest BCUT2D eigenvalue weighted by molar-refractivity contribution is 0.0702. The number of hydrogen-bond donors (Lipinski definition) is 1. The van der Waals surface area contributed by atoms with Crippen molar-refractivity contribution in [1.82, 2.24) is 9.88 Å². The van der Waals surface area contributed by atoms with Crippen LogP contribution < -0.4 is 0 Å². The van der Waals surface area contributed by atoms with E-state index in [1.54, 1.807) is 0 Å². The summed E-state index contributed by atoms with van der Waals surface area (Å²) in [6.07, 6.45) is 0.768. The van der Waals surface area contributed by atoms with Crippen molar-refractivity contribution in [3.63, 3.8) is 0 Å². The largest absolute Gasteiger partial charge is 0.477 e. The van der Waals surface area contributed by atoms with Gasteiger partial charge in [0.1, 0.15) is 4.88 Å². The number of likely N-dealkylation sites (N-methyl/N-ethyl adjacent to an activating group) is 1. The minimum atomic E-state index is -0.908. The smallest absolute Gasteiger partial charge is 0.348 e. The zero-order valence-electron chi connectivity index (χ0n) is 11.9. The highest BCUT2D eigenvalue weighted by Crippen LogP contribution is 2.29. The second-order valence-electron chi connectivity index (χ2n) is 5.01. The molecule has 0 unspecified atom stereocenters. The molecule has 0 fully saturated rings. The highest BCUT2D eigenvalue weighted by molar-refractivity contribution is 7.14. The van der Waals surface area contributed by atoms with Gasteiger partial charge >= 0.3 is 5.97 Å². The Kier molecular flexibility index (Phi) is 4.52. The van der Waals surface area contributed by atoms with Crippen LogP contribution in [-0.2, 0) is 6.42 Å². The van der Waals surface area contributed by atoms with Gasteiger partial charge in [0.15, 0.2) is 0 Å². The fourth-order valence-electron chi connectivity index (χ4n) is 1.84. The Hall–Kier alpha value is -1.72. The van der Waals surface area contributed by atoms with E-state index in [0.29, 0.717) is 10.6 Å². The van der Waals surface area contributed by atoms with Crippen LogP contribution in [0, 0.1) is 6.92 Å². The van der Waals surface area contributed by atoms with Crippen molar-refractivity contribution in [2.75, 3.05) is 20.6 Å². The molecule has 0 saturated carbocycles. The lowest BCUT2D eigenvalue weighted by Crippen LogP contribution is -2.14. The maximum absolute atomic E-state index is 11.4. The lowest BCUT2D eigenvalue weighted by Gasteiger charge is -2.06. The molecule has 1 aromatic heterocycles. The molecular weight excluding hydrogens is 272 g/mol. The van der Waals surface area contributed by atoms with Crippen LogP contribution in [-0.4, -0.2) is 41.6 Å². The molecule has 0 saturated heterocycles. The van der Waals surface area contributed by atoms with Gasteiger partial charge in [-0.25, -0.2) is 9.78 Å². The van der Waals surface area contributed by atoms with Crippen molar-refractivity contribution >= 4 is 17.3 Å². The van der Waals surface area contributed by atoms with Crippen molar-refractivity contribution < 1.29 is 9.90 Å². The molecule has 0 aliphatic rings. The van der Waals surface area contributed by atoms with Gasteiger partial charge in [0.05, 0.1) is 10.7 Å². The predicted octanol–water partition coefficient (Wildman–Crippen LogP) is 2.92. The van der Waals surface area contributed by atoms with E-state index in [2.05, 4.69) is 9.88 Å². The van der Waals surface area contributed by atoms with Gasteiger partial charge in [-0.2, -0.15) is 0 Å². The molecule has 0 amide bonds. The zero-order chi connectivity index (χ0) is 14.7. The summed E-state index contributed by atoms with van der Waals surface area (Å²) in [6, 6.07) is 7.79. The fraction of sp³-hybridized carbons (Fsp3) is 0.333. The standard InChI is InChI=1S/C15H18N2O2S/c1-10-4-6-11(7-5-10)13-14(15(18)19)20-12(16-13)8-9-17(2)3/h4-7H,8-9H2,1-3H3,(H,18,19). The second kappa shape index (κ2) is 6.15. The van der Waals surface area contributed by atoms with E-state index < -0.39 is 5.97 Å². The fourth-order valence-corrected chi connectivity index (χ4v) is 2.76. The topological polar surface area (TPSA) is 53.4 Å². The number of nitrogens with zero attached hydrogens (tertiary/aromatic N) is 2. The Balaban J connectivity index is 2.35. The molecule has 2 rings (SSSR count). The number of thiazole rings is 1. The summed E-state index contributed by atoms with van der Waals surface area (Å²) >= 11 is 1.27. The maximum atomic E-state index is 11.4. The number of benzene rings is 1. The summed E-state index contributed by atoms with van der Waals surface area (Å²) in [5, 5.41) is 10.2. The van der Waals surface area contributed by atoms with Gasteiger partial charge < -0.3 is 10.0 Å². The number of carboxylic acids is 1. The molecular formula is C15H18N2O2S. The van der Waals surface area contributed by atoms with Crippen LogP contribution in [0.4, 0.5) is 0 Å². The molecule has 1 aromatic carbocycles. The molecule has 1 N–H and O–H groups in total. The third-order valence-corrected chi connectivity index (χ3v) is 4.07. The number of carboxylic acid groups (broad SMARTS) is 1. The first kappa shape index (κ1) is 14.7. The third kappa shape index (κ3) is 3.43. The molecule has 5 heteroatoms. The van der Waals surface area contributed by atoms with Crippen molar-refractivity contribution in [2.24, 2.45) is 0 Å². The van der Waals surface area contributed by atoms with E-state index in [4.69, 9.17) is 0 Å². The number of aromatic carboxylic acids is 1. The molecule has 1 heterocycles. The van der Waals surface area contributed by atoms with Gasteiger partial charge in [-0.3, -0.25) is 0 Å². The number of aromatic nitrogens is 1. The molecule has 106 valence electrons. The second-order valence-corrected chi connectivity index (χ2v) is 6.09. The van der Waals surface area contributed by atoms with Crippen LogP contribution in [0.2, 0.25) is 0 Å². The zero-order valence-corrected chi connectivity index (χ0v) is 12.7. The molecule has 0 spiro atoms. The van der Waals surface area contributed by atoms with Crippen LogP contribution >= 0.6 is 11.3 Å². The number of carbonyl (C=O) groups is 1. The maximum Gasteiger partial charge on any atom is 0.348 e. The summed E-state index contributed by atoms with van der Waals surface area (Å²) in [4.78, 5) is 18.3. The summed E-state index contributed by atoms with van der Waals surface area (Å²) < 4.78 is 0. The third-order valence-electron chi connectivity index (χ3n) is 2.96. The van der Waals surface area contributed by atoms with E-state index >= 15 is 0 Å². The van der Waals surface area contributed by atoms with E-state index in [-0.39, 0.29) is 0 Å². The van der Waals surface area contributed by atoms with Crippen molar-refractivity contribution in [3.8, 4) is 11.3 Å². The predicted molar refractivity (Wildman–Crippen MR) is 81.5 cm³/mol. The SMILES string of the molecule is Cc1ccc(-c2nc(CCN(C)C)sc2C(=O)O)cc1. The van der Waals surface area contributed by atoms with Crippen molar-refractivity contribution in [2.45, 2.75) is 13.3 Å². The van der Waals surface area contributed by atoms with Gasteiger partial charge in [-0.15, -0.1) is 11.3 Å². The van der Waals surface area contributed by atoms with E-state index in [1.165, 1.54) is 11.3 Å². The lowest BCUT2D eigenvalue weighted by atomic mass is 10.1. The Morgan fingerprint density at radius 3 is 2.50 bits per heavy atom. The van der Waals surface area contributed by atoms with Crippen LogP contribution in [0.25, 0.3) is 11.3 Å². The Labute approximate surface area is 122 Å². The molecule has 20 heavy (non-hydrogen) atoms. The molecule has 2 aromatic rings. The van der Waals surface area contributed by atoms with Gasteiger partial charge in [-0.1, -0.05) is 29.8 Å². The highest BCUT2D eigenvalue weighted by atomic mass is 32.1. The van der Waals surface area contributed by atoms with Crippen LogP contribution in [0.5, 0.6) is 0 Å². The summed E-state index contributed by atoms with van der Waals surface area (Å²) in [6.45, 7) is 2.87. The van der Waals surface area contributed by atoms with Crippen molar-refractivity contribution in [1.29, 1.82) is 0 Å². The number of hydrogen-bond acceptors (Lipinski definition) is 4. The number of aryl methyl sites for hydroxylation is 1. The van der Waals surface area contributed by atoms with Gasteiger partial charge in [0, 0.05) is 18.5 Å². The summed E-state index contributed by atoms with van der Waals surface area (Å²) in [7, 11) is 3.99. The summed E-state index contributed by atoms with van der Waals surface area (Å²) in [5.74, 6) is -0.908. The average molecular weight is 290 g/mol. The van der Waals surface area contributed by atoms with Gasteiger partial charge in [-0.05, 0) is 21.0 Å². The molecule has 0 aliphatic heterocycles. The molecule has 0 aliphatic carbocycles. The molecule has 0 bridgehead atoms. The first-order valence-corrected chi connectivity index (χ1v) is 7.24. The van der Waals surface area contributed by atoms with Gasteiger partial charge in [0.25, 0.3) is 0 Å².